The third kappa shape index (κ3) is 4.74. The number of hydrogen-bond donors (Lipinski definition) is 1. The quantitative estimate of drug-likeness (QED) is 0.166. The van der Waals surface area contributed by atoms with Crippen molar-refractivity contribution >= 4 is 71.7 Å². The lowest BCUT2D eigenvalue weighted by atomic mass is 9.89. The van der Waals surface area contributed by atoms with E-state index in [1.54, 1.807) is 0 Å². The first-order valence-corrected chi connectivity index (χ1v) is 13.4. The summed E-state index contributed by atoms with van der Waals surface area (Å²) in [5, 5.41) is 0. The van der Waals surface area contributed by atoms with Crippen molar-refractivity contribution in [2.45, 2.75) is 51.9 Å². The van der Waals surface area contributed by atoms with E-state index in [0.717, 1.165) is 68.8 Å². The zero-order chi connectivity index (χ0) is 22.1. The normalized spacial score (nSPS) is 21.0. The van der Waals surface area contributed by atoms with Crippen LogP contribution < -0.4 is 5.73 Å². The van der Waals surface area contributed by atoms with Crippen LogP contribution in [0.25, 0.3) is 5.57 Å². The standard InChI is InChI=1S/C24H25Br2IN2O2/c1-2-31-24(30)14-5-3-4-13(6-7-14)20-19-15(11-18(27)22(28)21(19)26)8-9-16-10-17(25)12-29-23(16)20/h10-12,14H,2-9,28H2,1H3/b20-13-. The Kier molecular flexibility index (Phi) is 7.43. The predicted octanol–water partition coefficient (Wildman–Crippen LogP) is 6.84. The van der Waals surface area contributed by atoms with Gasteiger partial charge in [-0.15, -0.1) is 0 Å². The molecule has 1 fully saturated rings. The molecule has 2 aromatic rings. The van der Waals surface area contributed by atoms with Crippen molar-refractivity contribution in [2.24, 2.45) is 5.92 Å². The van der Waals surface area contributed by atoms with Gasteiger partial charge in [0.1, 0.15) is 0 Å². The molecule has 2 aliphatic carbocycles. The van der Waals surface area contributed by atoms with Crippen LogP contribution in [0, 0.1) is 9.49 Å². The largest absolute Gasteiger partial charge is 0.466 e. The molecule has 1 heterocycles. The summed E-state index contributed by atoms with van der Waals surface area (Å²) in [6.45, 7) is 2.31. The van der Waals surface area contributed by atoms with E-state index < -0.39 is 0 Å². The maximum atomic E-state index is 12.4. The maximum absolute atomic E-state index is 12.4. The highest BCUT2D eigenvalue weighted by Gasteiger charge is 2.29. The number of benzene rings is 1. The van der Waals surface area contributed by atoms with E-state index in [4.69, 9.17) is 15.5 Å². The van der Waals surface area contributed by atoms with Gasteiger partial charge < -0.3 is 10.5 Å². The zero-order valence-electron chi connectivity index (χ0n) is 17.4. The molecule has 4 rings (SSSR count). The molecule has 0 spiro atoms. The number of nitrogens with zero attached hydrogens (tertiary/aromatic N) is 1. The first-order chi connectivity index (χ1) is 14.9. The Hall–Kier alpha value is -0.930. The first-order valence-electron chi connectivity index (χ1n) is 10.7. The number of aryl methyl sites for hydroxylation is 2. The molecule has 1 atom stereocenters. The molecule has 1 unspecified atom stereocenters. The number of ether oxygens (including phenoxy) is 1. The monoisotopic (exact) mass is 658 g/mol. The number of hydrogen-bond acceptors (Lipinski definition) is 4. The molecule has 0 bridgehead atoms. The highest BCUT2D eigenvalue weighted by molar-refractivity contribution is 14.1. The van der Waals surface area contributed by atoms with E-state index in [1.807, 2.05) is 13.1 Å². The van der Waals surface area contributed by atoms with Crippen molar-refractivity contribution < 1.29 is 9.53 Å². The van der Waals surface area contributed by atoms with Crippen molar-refractivity contribution in [3.8, 4) is 0 Å². The molecule has 1 aromatic heterocycles. The van der Waals surface area contributed by atoms with Crippen LogP contribution in [0.3, 0.4) is 0 Å². The number of nitrogen functional groups attached to an aromatic ring is 1. The Bertz CT molecular complexity index is 1070. The van der Waals surface area contributed by atoms with E-state index in [9.17, 15) is 4.79 Å². The number of esters is 1. The number of pyridine rings is 1. The fourth-order valence-electron chi connectivity index (χ4n) is 4.71. The maximum Gasteiger partial charge on any atom is 0.308 e. The van der Waals surface area contributed by atoms with Gasteiger partial charge in [0.05, 0.1) is 23.9 Å². The molecule has 2 aliphatic rings. The summed E-state index contributed by atoms with van der Waals surface area (Å²) in [6, 6.07) is 4.41. The Labute approximate surface area is 213 Å². The molecule has 2 N–H and O–H groups in total. The smallest absolute Gasteiger partial charge is 0.308 e. The van der Waals surface area contributed by atoms with Crippen LogP contribution in [0.2, 0.25) is 0 Å². The van der Waals surface area contributed by atoms with Crippen LogP contribution in [0.1, 0.15) is 61.4 Å². The van der Waals surface area contributed by atoms with Gasteiger partial charge in [0.25, 0.3) is 0 Å². The predicted molar refractivity (Wildman–Crippen MR) is 140 cm³/mol. The lowest BCUT2D eigenvalue weighted by Gasteiger charge is -2.20. The third-order valence-electron chi connectivity index (χ3n) is 6.22. The summed E-state index contributed by atoms with van der Waals surface area (Å²) < 4.78 is 8.34. The Morgan fingerprint density at radius 2 is 1.97 bits per heavy atom. The second-order valence-electron chi connectivity index (χ2n) is 8.14. The second-order valence-corrected chi connectivity index (χ2v) is 11.0. The Morgan fingerprint density at radius 1 is 1.19 bits per heavy atom. The summed E-state index contributed by atoms with van der Waals surface area (Å²) in [5.74, 6) is -0.0803. The fraction of sp³-hybridized carbons (Fsp3) is 0.417. The molecular formula is C24H25Br2IN2O2. The molecule has 1 aromatic carbocycles. The molecule has 164 valence electrons. The van der Waals surface area contributed by atoms with Crippen molar-refractivity contribution in [2.75, 3.05) is 12.3 Å². The topological polar surface area (TPSA) is 65.2 Å². The molecule has 0 radical (unpaired) electrons. The molecule has 0 aliphatic heterocycles. The first kappa shape index (κ1) is 23.2. The third-order valence-corrected chi connectivity index (χ3v) is 8.37. The number of fused-ring (bicyclic) bond motifs is 2. The number of aromatic nitrogens is 1. The lowest BCUT2D eigenvalue weighted by Crippen LogP contribution is -2.16. The summed E-state index contributed by atoms with van der Waals surface area (Å²) in [5.41, 5.74) is 14.6. The van der Waals surface area contributed by atoms with Gasteiger partial charge in [-0.05, 0) is 130 Å². The lowest BCUT2D eigenvalue weighted by molar-refractivity contribution is -0.148. The number of allylic oxidation sites excluding steroid dienone is 1. The van der Waals surface area contributed by atoms with Gasteiger partial charge in [0.2, 0.25) is 0 Å². The highest BCUT2D eigenvalue weighted by atomic mass is 127. The molecule has 1 saturated carbocycles. The average Bonchev–Trinajstić information content (AvgIpc) is 3.07. The van der Waals surface area contributed by atoms with Crippen LogP contribution in [-0.2, 0) is 22.4 Å². The van der Waals surface area contributed by atoms with Crippen LogP contribution in [-0.4, -0.2) is 17.6 Å². The summed E-state index contributed by atoms with van der Waals surface area (Å²) in [6.07, 6.45) is 8.25. The Balaban J connectivity index is 1.88. The highest BCUT2D eigenvalue weighted by Crippen LogP contribution is 2.45. The SMILES string of the molecule is CCOC(=O)C1CCC/C(=C2/c3ncc(Br)cc3CCc3cc(I)c(N)c(Br)c32)CC1. The number of anilines is 1. The Morgan fingerprint density at radius 3 is 2.74 bits per heavy atom. The number of nitrogens with two attached hydrogens (primary N) is 1. The minimum Gasteiger partial charge on any atom is -0.466 e. The molecule has 7 heteroatoms. The van der Waals surface area contributed by atoms with Gasteiger partial charge in [0.15, 0.2) is 0 Å². The number of carbonyl (C=O) groups excluding carboxylic acids is 1. The van der Waals surface area contributed by atoms with E-state index in [0.29, 0.717) is 6.61 Å². The number of halogens is 3. The average molecular weight is 660 g/mol. The molecule has 4 nitrogen and oxygen atoms in total. The van der Waals surface area contributed by atoms with Crippen LogP contribution >= 0.6 is 54.5 Å². The van der Waals surface area contributed by atoms with E-state index >= 15 is 0 Å². The van der Waals surface area contributed by atoms with Crippen molar-refractivity contribution in [3.63, 3.8) is 0 Å². The van der Waals surface area contributed by atoms with Crippen LogP contribution in [0.4, 0.5) is 5.69 Å². The van der Waals surface area contributed by atoms with E-state index in [2.05, 4.69) is 66.6 Å². The summed E-state index contributed by atoms with van der Waals surface area (Å²) >= 11 is 9.73. The molecule has 31 heavy (non-hydrogen) atoms. The van der Waals surface area contributed by atoms with Gasteiger partial charge in [-0.2, -0.15) is 0 Å². The van der Waals surface area contributed by atoms with Gasteiger partial charge in [-0.1, -0.05) is 5.57 Å². The van der Waals surface area contributed by atoms with Gasteiger partial charge >= 0.3 is 5.97 Å². The minimum absolute atomic E-state index is 0.0223. The fourth-order valence-corrected chi connectivity index (χ4v) is 6.77. The van der Waals surface area contributed by atoms with E-state index in [1.165, 1.54) is 27.8 Å². The van der Waals surface area contributed by atoms with Gasteiger partial charge in [-0.3, -0.25) is 9.78 Å². The van der Waals surface area contributed by atoms with Crippen molar-refractivity contribution in [1.29, 1.82) is 0 Å². The van der Waals surface area contributed by atoms with Gasteiger partial charge in [0, 0.05) is 29.8 Å². The number of carbonyl (C=O) groups is 1. The molecule has 0 saturated heterocycles. The summed E-state index contributed by atoms with van der Waals surface area (Å²) in [7, 11) is 0. The zero-order valence-corrected chi connectivity index (χ0v) is 22.8. The summed E-state index contributed by atoms with van der Waals surface area (Å²) in [4.78, 5) is 17.3. The van der Waals surface area contributed by atoms with Crippen molar-refractivity contribution in [1.82, 2.24) is 4.98 Å². The van der Waals surface area contributed by atoms with Crippen LogP contribution in [0.5, 0.6) is 0 Å². The van der Waals surface area contributed by atoms with Crippen LogP contribution in [0.15, 0.2) is 32.8 Å². The minimum atomic E-state index is -0.0579. The van der Waals surface area contributed by atoms with E-state index in [-0.39, 0.29) is 11.9 Å². The second kappa shape index (κ2) is 9.91. The number of rotatable bonds is 2. The van der Waals surface area contributed by atoms with Crippen molar-refractivity contribution in [3.05, 3.63) is 58.8 Å². The molecule has 0 amide bonds. The van der Waals surface area contributed by atoms with Gasteiger partial charge in [-0.25, -0.2) is 0 Å². The molecular weight excluding hydrogens is 635 g/mol.